The second-order valence-corrected chi connectivity index (χ2v) is 8.86. The third-order valence-corrected chi connectivity index (χ3v) is 6.21. The summed E-state index contributed by atoms with van der Waals surface area (Å²) in [6.07, 6.45) is 3.69. The van der Waals surface area contributed by atoms with E-state index in [4.69, 9.17) is 23.2 Å². The topological polar surface area (TPSA) is 101 Å². The van der Waals surface area contributed by atoms with Crippen LogP contribution in [-0.4, -0.2) is 24.3 Å². The van der Waals surface area contributed by atoms with Crippen LogP contribution in [0.2, 0.25) is 10.0 Å². The first kappa shape index (κ1) is 22.0. The molecule has 3 rings (SSSR count). The van der Waals surface area contributed by atoms with E-state index in [1.807, 2.05) is 6.92 Å². The normalized spacial score (nSPS) is 11.2. The molecular weight excluding hydrogens is 447 g/mol. The smallest absolute Gasteiger partial charge is 0.263 e. The molecule has 0 radical (unpaired) electrons. The fraction of sp³-hybridized carbons (Fsp3) is 0.150. The predicted octanol–water partition coefficient (Wildman–Crippen LogP) is 4.77. The van der Waals surface area contributed by atoms with Crippen molar-refractivity contribution in [2.45, 2.75) is 25.2 Å². The number of nitrogens with one attached hydrogen (secondary N) is 2. The van der Waals surface area contributed by atoms with Gasteiger partial charge in [0.15, 0.2) is 0 Å². The summed E-state index contributed by atoms with van der Waals surface area (Å²) < 4.78 is 28.4. The summed E-state index contributed by atoms with van der Waals surface area (Å²) in [6.45, 7) is 3.26. The van der Waals surface area contributed by atoms with E-state index in [0.717, 1.165) is 0 Å². The Balaban J connectivity index is 2.01. The van der Waals surface area contributed by atoms with Gasteiger partial charge in [-0.3, -0.25) is 14.5 Å². The molecule has 156 valence electrons. The molecule has 0 aliphatic carbocycles. The van der Waals surface area contributed by atoms with Crippen LogP contribution in [-0.2, 0) is 21.2 Å². The maximum absolute atomic E-state index is 12.9. The van der Waals surface area contributed by atoms with Gasteiger partial charge in [0.05, 0.1) is 16.4 Å². The summed E-state index contributed by atoms with van der Waals surface area (Å²) in [4.78, 5) is 19.6. The lowest BCUT2D eigenvalue weighted by Gasteiger charge is -2.14. The van der Waals surface area contributed by atoms with Crippen LogP contribution in [0.15, 0.2) is 53.7 Å². The van der Waals surface area contributed by atoms with Crippen molar-refractivity contribution in [3.8, 4) is 11.1 Å². The highest BCUT2D eigenvalue weighted by Crippen LogP contribution is 2.30. The lowest BCUT2D eigenvalue weighted by atomic mass is 10.1. The quantitative estimate of drug-likeness (QED) is 0.546. The van der Waals surface area contributed by atoms with Crippen LogP contribution < -0.4 is 10.0 Å². The lowest BCUT2D eigenvalue weighted by molar-refractivity contribution is -0.114. The first-order chi connectivity index (χ1) is 14.2. The van der Waals surface area contributed by atoms with Gasteiger partial charge in [0.25, 0.3) is 10.0 Å². The van der Waals surface area contributed by atoms with E-state index in [1.54, 1.807) is 30.6 Å². The first-order valence-corrected chi connectivity index (χ1v) is 11.1. The molecule has 0 spiro atoms. The predicted molar refractivity (Wildman–Crippen MR) is 118 cm³/mol. The van der Waals surface area contributed by atoms with Gasteiger partial charge in [-0.15, -0.1) is 0 Å². The molecule has 0 atom stereocenters. The number of hydrogen-bond acceptors (Lipinski definition) is 5. The van der Waals surface area contributed by atoms with Gasteiger partial charge in [-0.05, 0) is 48.4 Å². The minimum Gasteiger partial charge on any atom is -0.311 e. The van der Waals surface area contributed by atoms with E-state index in [-0.39, 0.29) is 20.8 Å². The van der Waals surface area contributed by atoms with E-state index in [9.17, 15) is 13.2 Å². The number of aromatic nitrogens is 2. The molecular formula is C20H18Cl2N4O3S. The Morgan fingerprint density at radius 2 is 1.83 bits per heavy atom. The number of sulfonamides is 1. The Morgan fingerprint density at radius 3 is 2.53 bits per heavy atom. The van der Waals surface area contributed by atoms with Crippen molar-refractivity contribution in [3.63, 3.8) is 0 Å². The molecule has 0 bridgehead atoms. The van der Waals surface area contributed by atoms with E-state index >= 15 is 0 Å². The number of benzene rings is 1. The highest BCUT2D eigenvalue weighted by Gasteiger charge is 2.20. The molecule has 0 aliphatic rings. The largest absolute Gasteiger partial charge is 0.311 e. The van der Waals surface area contributed by atoms with Crippen molar-refractivity contribution >= 4 is 50.6 Å². The zero-order valence-electron chi connectivity index (χ0n) is 16.1. The fourth-order valence-corrected chi connectivity index (χ4v) is 4.60. The standard InChI is InChI=1S/C20H18Cl2N4O3S/c1-3-17-18(26-30(28,29)19-10-15(21)4-5-16(19)22)8-14(11-24-17)13-6-7-23-20(9-13)25-12(2)27/h4-11,26H,3H2,1-2H3,(H,23,25,27). The summed E-state index contributed by atoms with van der Waals surface area (Å²) in [5, 5.41) is 2.93. The molecule has 0 saturated carbocycles. The van der Waals surface area contributed by atoms with Crippen molar-refractivity contribution in [2.24, 2.45) is 0 Å². The minimum absolute atomic E-state index is 0.0585. The number of anilines is 2. The second-order valence-electron chi connectivity index (χ2n) is 6.36. The molecule has 2 N–H and O–H groups in total. The number of rotatable bonds is 6. The number of carbonyl (C=O) groups is 1. The average molecular weight is 465 g/mol. The maximum atomic E-state index is 12.9. The summed E-state index contributed by atoms with van der Waals surface area (Å²) in [5.74, 6) is 0.137. The van der Waals surface area contributed by atoms with Gasteiger partial charge >= 0.3 is 0 Å². The molecule has 0 fully saturated rings. The van der Waals surface area contributed by atoms with Crippen LogP contribution in [0.25, 0.3) is 11.1 Å². The highest BCUT2D eigenvalue weighted by molar-refractivity contribution is 7.92. The number of aryl methyl sites for hydroxylation is 1. The lowest BCUT2D eigenvalue weighted by Crippen LogP contribution is -2.15. The molecule has 0 saturated heterocycles. The monoisotopic (exact) mass is 464 g/mol. The number of carbonyl (C=O) groups excluding carboxylic acids is 1. The van der Waals surface area contributed by atoms with Gasteiger partial charge < -0.3 is 5.32 Å². The van der Waals surface area contributed by atoms with E-state index in [0.29, 0.717) is 34.7 Å². The van der Waals surface area contributed by atoms with Crippen LogP contribution in [0, 0.1) is 0 Å². The molecule has 0 unspecified atom stereocenters. The zero-order chi connectivity index (χ0) is 21.9. The Hall–Kier alpha value is -2.68. The molecule has 0 aliphatic heterocycles. The van der Waals surface area contributed by atoms with Crippen molar-refractivity contribution in [3.05, 3.63) is 64.5 Å². The fourth-order valence-electron chi connectivity index (χ4n) is 2.76. The summed E-state index contributed by atoms with van der Waals surface area (Å²) in [7, 11) is -4.00. The zero-order valence-corrected chi connectivity index (χ0v) is 18.4. The van der Waals surface area contributed by atoms with E-state index < -0.39 is 10.0 Å². The Labute approximate surface area is 184 Å². The number of pyridine rings is 2. The Morgan fingerprint density at radius 1 is 1.07 bits per heavy atom. The molecule has 1 aromatic carbocycles. The van der Waals surface area contributed by atoms with Crippen molar-refractivity contribution in [2.75, 3.05) is 10.0 Å². The molecule has 10 heteroatoms. The van der Waals surface area contributed by atoms with Crippen LogP contribution in [0.5, 0.6) is 0 Å². The average Bonchev–Trinajstić information content (AvgIpc) is 2.69. The number of nitrogens with zero attached hydrogens (tertiary/aromatic N) is 2. The van der Waals surface area contributed by atoms with Crippen molar-refractivity contribution < 1.29 is 13.2 Å². The molecule has 30 heavy (non-hydrogen) atoms. The molecule has 2 aromatic heterocycles. The Bertz CT molecular complexity index is 1220. The molecule has 1 amide bonds. The van der Waals surface area contributed by atoms with Crippen LogP contribution >= 0.6 is 23.2 Å². The maximum Gasteiger partial charge on any atom is 0.263 e. The SMILES string of the molecule is CCc1ncc(-c2ccnc(NC(C)=O)c2)cc1NS(=O)(=O)c1cc(Cl)ccc1Cl. The summed E-state index contributed by atoms with van der Waals surface area (Å²) in [5.41, 5.74) is 2.25. The van der Waals surface area contributed by atoms with E-state index in [2.05, 4.69) is 20.0 Å². The minimum atomic E-state index is -4.00. The molecule has 3 aromatic rings. The first-order valence-electron chi connectivity index (χ1n) is 8.90. The van der Waals surface area contributed by atoms with Gasteiger partial charge in [0, 0.05) is 29.9 Å². The third-order valence-electron chi connectivity index (χ3n) is 4.13. The summed E-state index contributed by atoms with van der Waals surface area (Å²) in [6, 6.07) is 9.32. The third kappa shape index (κ3) is 5.08. The van der Waals surface area contributed by atoms with Crippen molar-refractivity contribution in [1.29, 1.82) is 0 Å². The van der Waals surface area contributed by atoms with Gasteiger partial charge in [0.2, 0.25) is 5.91 Å². The highest BCUT2D eigenvalue weighted by atomic mass is 35.5. The van der Waals surface area contributed by atoms with Gasteiger partial charge in [0.1, 0.15) is 10.7 Å². The van der Waals surface area contributed by atoms with E-state index in [1.165, 1.54) is 25.1 Å². The number of hydrogen-bond donors (Lipinski definition) is 2. The molecule has 7 nitrogen and oxygen atoms in total. The number of amides is 1. The van der Waals surface area contributed by atoms with Crippen LogP contribution in [0.4, 0.5) is 11.5 Å². The number of halogens is 2. The van der Waals surface area contributed by atoms with Crippen LogP contribution in [0.1, 0.15) is 19.5 Å². The van der Waals surface area contributed by atoms with Crippen LogP contribution in [0.3, 0.4) is 0 Å². The second kappa shape index (κ2) is 8.99. The molecule has 2 heterocycles. The summed E-state index contributed by atoms with van der Waals surface area (Å²) >= 11 is 12.0. The Kier molecular flexibility index (Phi) is 6.60. The van der Waals surface area contributed by atoms with Crippen molar-refractivity contribution in [1.82, 2.24) is 9.97 Å². The van der Waals surface area contributed by atoms with Gasteiger partial charge in [-0.1, -0.05) is 30.1 Å². The van der Waals surface area contributed by atoms with Gasteiger partial charge in [-0.25, -0.2) is 13.4 Å². The van der Waals surface area contributed by atoms with Gasteiger partial charge in [-0.2, -0.15) is 0 Å².